The summed E-state index contributed by atoms with van der Waals surface area (Å²) in [6, 6.07) is 6.05. The number of alkyl halides is 3. The molecule has 10 heteroatoms. The molecule has 2 saturated heterocycles. The fourth-order valence-electron chi connectivity index (χ4n) is 4.70. The number of ether oxygens (including phenoxy) is 2. The van der Waals surface area contributed by atoms with Crippen LogP contribution < -0.4 is 9.64 Å². The number of halogens is 3. The number of hydrogen-bond acceptors (Lipinski definition) is 5. The van der Waals surface area contributed by atoms with Gasteiger partial charge in [-0.1, -0.05) is 0 Å². The Morgan fingerprint density at radius 2 is 1.63 bits per heavy atom. The van der Waals surface area contributed by atoms with Crippen LogP contribution in [0.5, 0.6) is 5.75 Å². The van der Waals surface area contributed by atoms with Crippen LogP contribution in [0.3, 0.4) is 0 Å². The third-order valence-electron chi connectivity index (χ3n) is 6.57. The van der Waals surface area contributed by atoms with Crippen LogP contribution in [-0.4, -0.2) is 73.0 Å². The number of piperidine rings is 2. The number of nitrogens with zero attached hydrogens (tertiary/aromatic N) is 3. The third kappa shape index (κ3) is 8.50. The molecule has 0 atom stereocenters. The van der Waals surface area contributed by atoms with Crippen molar-refractivity contribution in [1.29, 1.82) is 0 Å². The van der Waals surface area contributed by atoms with Gasteiger partial charge in [-0.2, -0.15) is 0 Å². The maximum Gasteiger partial charge on any atom is 0.573 e. The van der Waals surface area contributed by atoms with Gasteiger partial charge in [0.05, 0.1) is 0 Å². The van der Waals surface area contributed by atoms with Crippen LogP contribution in [0.2, 0.25) is 0 Å². The highest BCUT2D eigenvalue weighted by atomic mass is 19.4. The lowest BCUT2D eigenvalue weighted by Gasteiger charge is -2.39. The molecule has 2 aliphatic rings. The zero-order valence-corrected chi connectivity index (χ0v) is 20.7. The Balaban J connectivity index is 1.40. The van der Waals surface area contributed by atoms with E-state index in [1.54, 1.807) is 17.0 Å². The number of likely N-dealkylation sites (tertiary alicyclic amines) is 1. The van der Waals surface area contributed by atoms with Gasteiger partial charge in [0.1, 0.15) is 11.4 Å². The molecular weight excluding hydrogens is 463 g/mol. The third-order valence-corrected chi connectivity index (χ3v) is 6.57. The number of anilines is 1. The molecule has 2 heterocycles. The second kappa shape index (κ2) is 11.4. The maximum absolute atomic E-state index is 12.3. The molecule has 0 aromatic heterocycles. The minimum absolute atomic E-state index is 0.151. The van der Waals surface area contributed by atoms with Crippen LogP contribution in [0.1, 0.15) is 52.9 Å². The van der Waals surface area contributed by atoms with Gasteiger partial charge in [0, 0.05) is 44.5 Å². The Morgan fingerprint density at radius 3 is 2.14 bits per heavy atom. The Labute approximate surface area is 205 Å². The smallest absolute Gasteiger partial charge is 0.444 e. The summed E-state index contributed by atoms with van der Waals surface area (Å²) in [4.78, 5) is 29.8. The van der Waals surface area contributed by atoms with E-state index in [2.05, 4.69) is 9.64 Å². The quantitative estimate of drug-likeness (QED) is 0.492. The molecule has 0 N–H and O–H groups in total. The minimum atomic E-state index is -4.70. The van der Waals surface area contributed by atoms with Crippen LogP contribution >= 0.6 is 0 Å². The highest BCUT2D eigenvalue weighted by Gasteiger charge is 2.31. The van der Waals surface area contributed by atoms with Crippen LogP contribution in [0.25, 0.3) is 0 Å². The van der Waals surface area contributed by atoms with Crippen molar-refractivity contribution in [2.24, 2.45) is 5.92 Å². The van der Waals surface area contributed by atoms with Crippen molar-refractivity contribution in [2.75, 3.05) is 37.6 Å². The van der Waals surface area contributed by atoms with Crippen LogP contribution in [0, 0.1) is 5.92 Å². The summed E-state index contributed by atoms with van der Waals surface area (Å²) < 4.78 is 46.4. The van der Waals surface area contributed by atoms with Gasteiger partial charge in [0.15, 0.2) is 0 Å². The Bertz CT molecular complexity index is 826. The summed E-state index contributed by atoms with van der Waals surface area (Å²) in [7, 11) is 0. The van der Waals surface area contributed by atoms with E-state index >= 15 is 0 Å². The molecule has 35 heavy (non-hydrogen) atoms. The summed E-state index contributed by atoms with van der Waals surface area (Å²) in [6.45, 7) is 9.07. The summed E-state index contributed by atoms with van der Waals surface area (Å²) in [5.41, 5.74) is 0.339. The molecule has 1 aromatic carbocycles. The van der Waals surface area contributed by atoms with Gasteiger partial charge in [0.25, 0.3) is 0 Å². The average molecular weight is 500 g/mol. The van der Waals surface area contributed by atoms with Gasteiger partial charge in [-0.25, -0.2) is 4.79 Å². The number of hydrogen-bond donors (Lipinski definition) is 0. The normalized spacial score (nSPS) is 18.3. The van der Waals surface area contributed by atoms with Gasteiger partial charge >= 0.3 is 12.5 Å². The number of rotatable bonds is 7. The van der Waals surface area contributed by atoms with E-state index in [0.29, 0.717) is 25.6 Å². The van der Waals surface area contributed by atoms with Crippen molar-refractivity contribution < 1.29 is 32.2 Å². The molecule has 0 aliphatic carbocycles. The zero-order valence-electron chi connectivity index (χ0n) is 20.7. The van der Waals surface area contributed by atoms with Crippen molar-refractivity contribution in [1.82, 2.24) is 9.80 Å². The highest BCUT2D eigenvalue weighted by molar-refractivity contribution is 5.68. The first-order valence-corrected chi connectivity index (χ1v) is 12.2. The Hall–Kier alpha value is -2.65. The van der Waals surface area contributed by atoms with Gasteiger partial charge in [-0.05, 0) is 83.1 Å². The Kier molecular flexibility index (Phi) is 8.77. The Morgan fingerprint density at radius 1 is 1.03 bits per heavy atom. The van der Waals surface area contributed by atoms with Crippen molar-refractivity contribution in [3.05, 3.63) is 24.3 Å². The van der Waals surface area contributed by atoms with E-state index < -0.39 is 12.0 Å². The van der Waals surface area contributed by atoms with Crippen molar-refractivity contribution in [2.45, 2.75) is 70.9 Å². The maximum atomic E-state index is 12.3. The lowest BCUT2D eigenvalue weighted by molar-refractivity contribution is -0.274. The molecule has 0 radical (unpaired) electrons. The molecule has 2 fully saturated rings. The summed E-state index contributed by atoms with van der Waals surface area (Å²) in [5, 5.41) is 0. The first-order valence-electron chi connectivity index (χ1n) is 12.2. The second-order valence-electron chi connectivity index (χ2n) is 10.3. The molecule has 2 aliphatic heterocycles. The van der Waals surface area contributed by atoms with E-state index in [-0.39, 0.29) is 17.9 Å². The fraction of sp³-hybridized carbons (Fsp3) is 0.680. The summed E-state index contributed by atoms with van der Waals surface area (Å²) in [5.74, 6) is 0.230. The van der Waals surface area contributed by atoms with E-state index in [9.17, 15) is 22.8 Å². The van der Waals surface area contributed by atoms with Gasteiger partial charge < -0.3 is 24.2 Å². The lowest BCUT2D eigenvalue weighted by atomic mass is 9.93. The van der Waals surface area contributed by atoms with E-state index in [4.69, 9.17) is 4.74 Å². The van der Waals surface area contributed by atoms with Gasteiger partial charge in [-0.15, -0.1) is 13.2 Å². The SMILES string of the molecule is CC(C)(C)OC(=O)N1CCC(CCN(C=O)C2CCN(c3ccc(OC(F)(F)F)cc3)CC2)CC1. The van der Waals surface area contributed by atoms with Crippen LogP contribution in [0.4, 0.5) is 23.7 Å². The molecule has 3 rings (SSSR count). The van der Waals surface area contributed by atoms with E-state index in [0.717, 1.165) is 57.3 Å². The molecular formula is C25H36F3N3O4. The number of benzene rings is 1. The fourth-order valence-corrected chi connectivity index (χ4v) is 4.70. The topological polar surface area (TPSA) is 62.3 Å². The first-order chi connectivity index (χ1) is 16.4. The predicted molar refractivity (Wildman–Crippen MR) is 126 cm³/mol. The minimum Gasteiger partial charge on any atom is -0.444 e. The number of amides is 2. The predicted octanol–water partition coefficient (Wildman–Crippen LogP) is 5.05. The standard InChI is InChI=1S/C25H36F3N3O4/c1-24(2,3)35-23(33)30-13-8-19(9-14-30)10-15-31(18-32)21-11-16-29(17-12-21)20-4-6-22(7-5-20)34-25(26,27)28/h4-7,18-19,21H,8-17H2,1-3H3. The molecule has 0 bridgehead atoms. The molecule has 0 unspecified atom stereocenters. The summed E-state index contributed by atoms with van der Waals surface area (Å²) >= 11 is 0. The van der Waals surface area contributed by atoms with Crippen molar-refractivity contribution in [3.8, 4) is 5.75 Å². The van der Waals surface area contributed by atoms with Gasteiger partial charge in [0.2, 0.25) is 6.41 Å². The molecule has 7 nitrogen and oxygen atoms in total. The van der Waals surface area contributed by atoms with Crippen LogP contribution in [0.15, 0.2) is 24.3 Å². The van der Waals surface area contributed by atoms with E-state index in [1.165, 1.54) is 12.1 Å². The molecule has 2 amide bonds. The van der Waals surface area contributed by atoms with Gasteiger partial charge in [-0.3, -0.25) is 4.79 Å². The van der Waals surface area contributed by atoms with Crippen molar-refractivity contribution >= 4 is 18.2 Å². The molecule has 1 aromatic rings. The first kappa shape index (κ1) is 26.9. The number of carbonyl (C=O) groups is 2. The second-order valence-corrected chi connectivity index (χ2v) is 10.3. The highest BCUT2D eigenvalue weighted by Crippen LogP contribution is 2.28. The lowest BCUT2D eigenvalue weighted by Crippen LogP contribution is -2.45. The average Bonchev–Trinajstić information content (AvgIpc) is 2.79. The summed E-state index contributed by atoms with van der Waals surface area (Å²) in [6.07, 6.45) is 0.276. The zero-order chi connectivity index (χ0) is 25.6. The van der Waals surface area contributed by atoms with E-state index in [1.807, 2.05) is 25.7 Å². The largest absolute Gasteiger partial charge is 0.573 e. The monoisotopic (exact) mass is 499 g/mol. The number of carbonyl (C=O) groups excluding carboxylic acids is 2. The molecule has 0 saturated carbocycles. The molecule has 196 valence electrons. The molecule has 0 spiro atoms. The van der Waals surface area contributed by atoms with Crippen molar-refractivity contribution in [3.63, 3.8) is 0 Å². The van der Waals surface area contributed by atoms with Crippen LogP contribution in [-0.2, 0) is 9.53 Å².